The molecule has 186 valence electrons. The summed E-state index contributed by atoms with van der Waals surface area (Å²) in [6.07, 6.45) is 4.36. The first-order chi connectivity index (χ1) is 17.5. The van der Waals surface area contributed by atoms with Gasteiger partial charge in [-0.3, -0.25) is 4.79 Å². The Bertz CT molecular complexity index is 1500. The van der Waals surface area contributed by atoms with E-state index in [0.717, 1.165) is 53.2 Å². The first kappa shape index (κ1) is 21.8. The van der Waals surface area contributed by atoms with Gasteiger partial charge in [0.05, 0.1) is 31.5 Å². The standard InChI is InChI=1S/C27H30N6O3/c1-31-23-20(30-25(31)21-11-18-4-3-7-29-24(18)33(21)13-17-5-6-17)10-19(12-22(23)35-2)26(34)32-8-9-36-27(16-32)14-28-15-27/h3-4,7,10-12,17,28H,5-6,8-9,13-16H2,1-2H3. The second-order valence-electron chi connectivity index (χ2n) is 10.4. The summed E-state index contributed by atoms with van der Waals surface area (Å²) in [5.74, 6) is 2.17. The molecule has 4 aromatic rings. The third-order valence-electron chi connectivity index (χ3n) is 7.85. The van der Waals surface area contributed by atoms with Crippen LogP contribution in [0.5, 0.6) is 5.75 Å². The number of fused-ring (bicyclic) bond motifs is 2. The maximum Gasteiger partial charge on any atom is 0.254 e. The Kier molecular flexibility index (Phi) is 4.87. The lowest BCUT2D eigenvalue weighted by Gasteiger charge is -2.48. The first-order valence-electron chi connectivity index (χ1n) is 12.7. The van der Waals surface area contributed by atoms with Gasteiger partial charge in [0.25, 0.3) is 5.91 Å². The van der Waals surface area contributed by atoms with Gasteiger partial charge < -0.3 is 28.8 Å². The van der Waals surface area contributed by atoms with Crippen molar-refractivity contribution in [3.63, 3.8) is 0 Å². The minimum absolute atomic E-state index is 0.0102. The molecule has 9 nitrogen and oxygen atoms in total. The summed E-state index contributed by atoms with van der Waals surface area (Å²) >= 11 is 0. The number of aryl methyl sites for hydroxylation is 1. The molecule has 1 N–H and O–H groups in total. The van der Waals surface area contributed by atoms with E-state index in [1.54, 1.807) is 7.11 Å². The van der Waals surface area contributed by atoms with Crippen LogP contribution in [0.25, 0.3) is 33.6 Å². The monoisotopic (exact) mass is 486 g/mol. The van der Waals surface area contributed by atoms with Crippen LogP contribution < -0.4 is 10.1 Å². The second-order valence-corrected chi connectivity index (χ2v) is 10.4. The molecule has 36 heavy (non-hydrogen) atoms. The normalized spacial score (nSPS) is 19.2. The van der Waals surface area contributed by atoms with E-state index in [1.807, 2.05) is 36.3 Å². The van der Waals surface area contributed by atoms with Crippen molar-refractivity contribution < 1.29 is 14.3 Å². The van der Waals surface area contributed by atoms with Gasteiger partial charge in [-0.1, -0.05) is 0 Å². The lowest BCUT2D eigenvalue weighted by atomic mass is 9.94. The van der Waals surface area contributed by atoms with Crippen molar-refractivity contribution in [2.45, 2.75) is 25.0 Å². The Morgan fingerprint density at radius 2 is 2.14 bits per heavy atom. The number of carbonyl (C=O) groups is 1. The Morgan fingerprint density at radius 3 is 2.89 bits per heavy atom. The number of nitrogens with one attached hydrogen (secondary N) is 1. The highest BCUT2D eigenvalue weighted by molar-refractivity contribution is 6.00. The molecule has 2 aliphatic heterocycles. The van der Waals surface area contributed by atoms with Gasteiger partial charge in [-0.05, 0) is 49.1 Å². The van der Waals surface area contributed by atoms with E-state index in [9.17, 15) is 4.79 Å². The first-order valence-corrected chi connectivity index (χ1v) is 12.7. The number of nitrogens with zero attached hydrogens (tertiary/aromatic N) is 5. The molecule has 0 bridgehead atoms. The summed E-state index contributed by atoms with van der Waals surface area (Å²) in [6, 6.07) is 9.99. The largest absolute Gasteiger partial charge is 0.494 e. The molecule has 0 unspecified atom stereocenters. The highest BCUT2D eigenvalue weighted by Crippen LogP contribution is 2.37. The number of aromatic nitrogens is 4. The molecule has 1 aromatic carbocycles. The van der Waals surface area contributed by atoms with Crippen molar-refractivity contribution >= 4 is 28.0 Å². The van der Waals surface area contributed by atoms with Gasteiger partial charge in [-0.2, -0.15) is 0 Å². The molecule has 1 amide bonds. The van der Waals surface area contributed by atoms with Crippen LogP contribution >= 0.6 is 0 Å². The van der Waals surface area contributed by atoms with Crippen LogP contribution in [0.15, 0.2) is 36.5 Å². The number of imidazole rings is 1. The number of rotatable bonds is 5. The molecule has 7 rings (SSSR count). The summed E-state index contributed by atoms with van der Waals surface area (Å²) in [5.41, 5.74) is 4.00. The number of methoxy groups -OCH3 is 1. The second kappa shape index (κ2) is 8.04. The highest BCUT2D eigenvalue weighted by atomic mass is 16.5. The Hall–Kier alpha value is -3.43. The summed E-state index contributed by atoms with van der Waals surface area (Å²) in [7, 11) is 3.66. The van der Waals surface area contributed by atoms with E-state index < -0.39 is 0 Å². The van der Waals surface area contributed by atoms with Gasteiger partial charge in [0, 0.05) is 50.4 Å². The number of amides is 1. The van der Waals surface area contributed by atoms with Crippen molar-refractivity contribution in [2.75, 3.05) is 39.9 Å². The fourth-order valence-electron chi connectivity index (χ4n) is 5.65. The molecule has 1 aliphatic carbocycles. The molecular formula is C27H30N6O3. The zero-order chi connectivity index (χ0) is 24.4. The molecule has 3 aliphatic rings. The predicted molar refractivity (Wildman–Crippen MR) is 136 cm³/mol. The fraction of sp³-hybridized carbons (Fsp3) is 0.444. The van der Waals surface area contributed by atoms with Crippen molar-refractivity contribution in [1.29, 1.82) is 0 Å². The van der Waals surface area contributed by atoms with Crippen LogP contribution in [0.4, 0.5) is 0 Å². The van der Waals surface area contributed by atoms with E-state index in [1.165, 1.54) is 12.8 Å². The average Bonchev–Trinajstić information content (AvgIpc) is 3.56. The number of morpholine rings is 1. The van der Waals surface area contributed by atoms with Gasteiger partial charge in [0.1, 0.15) is 22.5 Å². The lowest BCUT2D eigenvalue weighted by Crippen LogP contribution is -2.69. The Morgan fingerprint density at radius 1 is 1.28 bits per heavy atom. The third-order valence-corrected chi connectivity index (χ3v) is 7.85. The maximum atomic E-state index is 13.5. The number of hydrogen-bond donors (Lipinski definition) is 1. The number of ether oxygens (including phenoxy) is 2. The molecule has 5 heterocycles. The molecule has 3 aromatic heterocycles. The van der Waals surface area contributed by atoms with Crippen LogP contribution in [0.3, 0.4) is 0 Å². The molecule has 1 saturated carbocycles. The molecule has 2 saturated heterocycles. The third kappa shape index (κ3) is 3.41. The van der Waals surface area contributed by atoms with Gasteiger partial charge in [-0.15, -0.1) is 0 Å². The molecule has 9 heteroatoms. The number of hydrogen-bond acceptors (Lipinski definition) is 6. The van der Waals surface area contributed by atoms with Crippen LogP contribution in [-0.4, -0.2) is 75.4 Å². The van der Waals surface area contributed by atoms with E-state index in [4.69, 9.17) is 14.5 Å². The van der Waals surface area contributed by atoms with Crippen molar-refractivity contribution in [1.82, 2.24) is 29.3 Å². The van der Waals surface area contributed by atoms with Gasteiger partial charge in [0.15, 0.2) is 5.82 Å². The summed E-state index contributed by atoms with van der Waals surface area (Å²) in [5, 5.41) is 4.37. The zero-order valence-electron chi connectivity index (χ0n) is 20.7. The topological polar surface area (TPSA) is 86.4 Å². The summed E-state index contributed by atoms with van der Waals surface area (Å²) < 4.78 is 16.1. The van der Waals surface area contributed by atoms with E-state index >= 15 is 0 Å². The van der Waals surface area contributed by atoms with E-state index in [-0.39, 0.29) is 11.5 Å². The number of benzene rings is 1. The smallest absolute Gasteiger partial charge is 0.254 e. The molecule has 0 atom stereocenters. The summed E-state index contributed by atoms with van der Waals surface area (Å²) in [4.78, 5) is 25.2. The molecular weight excluding hydrogens is 456 g/mol. The van der Waals surface area contributed by atoms with Crippen molar-refractivity contribution in [3.8, 4) is 17.3 Å². The molecule has 0 radical (unpaired) electrons. The Labute approximate surface area is 209 Å². The minimum Gasteiger partial charge on any atom is -0.494 e. The zero-order valence-corrected chi connectivity index (χ0v) is 20.7. The van der Waals surface area contributed by atoms with Crippen molar-refractivity contribution in [2.24, 2.45) is 13.0 Å². The SMILES string of the molecule is COc1cc(C(=O)N2CCOC3(CNC3)C2)cc2nc(-c3cc4cccnc4n3CC3CC3)n(C)c12. The van der Waals surface area contributed by atoms with Crippen LogP contribution in [0, 0.1) is 5.92 Å². The van der Waals surface area contributed by atoms with Gasteiger partial charge in [-0.25, -0.2) is 9.97 Å². The predicted octanol–water partition coefficient (Wildman–Crippen LogP) is 2.82. The fourth-order valence-corrected chi connectivity index (χ4v) is 5.65. The molecule has 3 fully saturated rings. The van der Waals surface area contributed by atoms with Crippen molar-refractivity contribution in [3.05, 3.63) is 42.1 Å². The van der Waals surface area contributed by atoms with E-state index in [2.05, 4.69) is 31.6 Å². The van der Waals surface area contributed by atoms with Crippen LogP contribution in [0.1, 0.15) is 23.2 Å². The minimum atomic E-state index is -0.247. The Balaban J connectivity index is 1.31. The summed E-state index contributed by atoms with van der Waals surface area (Å²) in [6.45, 7) is 4.25. The van der Waals surface area contributed by atoms with Crippen LogP contribution in [-0.2, 0) is 18.3 Å². The van der Waals surface area contributed by atoms with Gasteiger partial charge >= 0.3 is 0 Å². The quantitative estimate of drug-likeness (QED) is 0.467. The lowest BCUT2D eigenvalue weighted by molar-refractivity contribution is -0.126. The average molecular weight is 487 g/mol. The van der Waals surface area contributed by atoms with E-state index in [0.29, 0.717) is 36.9 Å². The van der Waals surface area contributed by atoms with Gasteiger partial charge in [0.2, 0.25) is 0 Å². The number of carbonyl (C=O) groups excluding carboxylic acids is 1. The highest BCUT2D eigenvalue weighted by Gasteiger charge is 2.43. The number of pyridine rings is 1. The maximum absolute atomic E-state index is 13.5. The molecule has 1 spiro atoms. The van der Waals surface area contributed by atoms with Crippen LogP contribution in [0.2, 0.25) is 0 Å².